The molecule has 0 aliphatic carbocycles. The van der Waals surface area contributed by atoms with E-state index in [9.17, 15) is 0 Å². The van der Waals surface area contributed by atoms with Crippen LogP contribution in [0.2, 0.25) is 0 Å². The van der Waals surface area contributed by atoms with Crippen LogP contribution >= 0.6 is 22.7 Å². The molecule has 7 aromatic carbocycles. The molecule has 11 rings (SSSR count). The summed E-state index contributed by atoms with van der Waals surface area (Å²) in [5.74, 6) is 0.692. The number of aromatic nitrogens is 3. The molecule has 0 spiro atoms. The van der Waals surface area contributed by atoms with Gasteiger partial charge in [-0.25, -0.2) is 9.97 Å². The zero-order valence-electron chi connectivity index (χ0n) is 24.9. The lowest BCUT2D eigenvalue weighted by molar-refractivity contribution is 1.02. The third-order valence-electron chi connectivity index (χ3n) is 9.62. The van der Waals surface area contributed by atoms with Crippen LogP contribution in [0.3, 0.4) is 0 Å². The number of para-hydroxylation sites is 1. The minimum atomic E-state index is 0.692. The monoisotopic (exact) mass is 633 g/mol. The van der Waals surface area contributed by atoms with Crippen molar-refractivity contribution in [2.24, 2.45) is 0 Å². The molecule has 218 valence electrons. The Hall–Kier alpha value is -5.62. The van der Waals surface area contributed by atoms with Crippen LogP contribution in [0.4, 0.5) is 0 Å². The quantitative estimate of drug-likeness (QED) is 0.177. The highest BCUT2D eigenvalue weighted by molar-refractivity contribution is 7.26. The number of nitrogens with zero attached hydrogens (tertiary/aromatic N) is 3. The largest absolute Gasteiger partial charge is 0.278 e. The summed E-state index contributed by atoms with van der Waals surface area (Å²) in [6.07, 6.45) is 0. The van der Waals surface area contributed by atoms with Crippen LogP contribution in [0.1, 0.15) is 0 Å². The van der Waals surface area contributed by atoms with E-state index in [1.807, 2.05) is 11.3 Å². The van der Waals surface area contributed by atoms with Crippen molar-refractivity contribution in [3.8, 4) is 17.2 Å². The van der Waals surface area contributed by atoms with Gasteiger partial charge in [0, 0.05) is 46.6 Å². The second-order valence-electron chi connectivity index (χ2n) is 12.1. The summed E-state index contributed by atoms with van der Waals surface area (Å²) in [5, 5.41) is 11.4. The van der Waals surface area contributed by atoms with Crippen molar-refractivity contribution in [3.63, 3.8) is 0 Å². The maximum Gasteiger partial charge on any atom is 0.235 e. The van der Waals surface area contributed by atoms with Crippen molar-refractivity contribution >= 4 is 106 Å². The average Bonchev–Trinajstić information content (AvgIpc) is 3.81. The second-order valence-corrected chi connectivity index (χ2v) is 14.3. The van der Waals surface area contributed by atoms with E-state index in [4.69, 9.17) is 9.97 Å². The van der Waals surface area contributed by atoms with Gasteiger partial charge in [0.15, 0.2) is 0 Å². The molecule has 11 aromatic rings. The third kappa shape index (κ3) is 3.50. The van der Waals surface area contributed by atoms with Crippen molar-refractivity contribution in [2.45, 2.75) is 0 Å². The van der Waals surface area contributed by atoms with E-state index in [0.717, 1.165) is 32.5 Å². The summed E-state index contributed by atoms with van der Waals surface area (Å²) in [4.78, 5) is 10.7. The molecule has 3 nitrogen and oxygen atoms in total. The molecular weight excluding hydrogens is 611 g/mol. The highest BCUT2D eigenvalue weighted by Gasteiger charge is 2.21. The predicted octanol–water partition coefficient (Wildman–Crippen LogP) is 12.3. The molecule has 0 saturated heterocycles. The topological polar surface area (TPSA) is 30.7 Å². The number of hydrogen-bond acceptors (Lipinski definition) is 4. The van der Waals surface area contributed by atoms with Crippen molar-refractivity contribution in [3.05, 3.63) is 140 Å². The third-order valence-corrected chi connectivity index (χ3v) is 11.9. The molecule has 4 aromatic heterocycles. The number of rotatable bonds is 2. The van der Waals surface area contributed by atoms with Gasteiger partial charge in [0.05, 0.1) is 26.9 Å². The normalized spacial score (nSPS) is 12.3. The maximum absolute atomic E-state index is 5.36. The summed E-state index contributed by atoms with van der Waals surface area (Å²) < 4.78 is 7.27. The molecular formula is C42H23N3S2. The van der Waals surface area contributed by atoms with Crippen molar-refractivity contribution in [1.29, 1.82) is 0 Å². The lowest BCUT2D eigenvalue weighted by Crippen LogP contribution is -2.02. The molecule has 4 heterocycles. The minimum absolute atomic E-state index is 0.692. The van der Waals surface area contributed by atoms with E-state index in [1.165, 1.54) is 62.6 Å². The van der Waals surface area contributed by atoms with E-state index in [2.05, 4.69) is 144 Å². The summed E-state index contributed by atoms with van der Waals surface area (Å²) in [7, 11) is 0. The number of benzene rings is 7. The molecule has 0 unspecified atom stereocenters. The summed E-state index contributed by atoms with van der Waals surface area (Å²) in [5.41, 5.74) is 5.28. The minimum Gasteiger partial charge on any atom is -0.278 e. The molecule has 0 aliphatic rings. The van der Waals surface area contributed by atoms with Crippen LogP contribution in [-0.2, 0) is 0 Å². The fourth-order valence-corrected chi connectivity index (χ4v) is 9.87. The molecule has 0 aliphatic heterocycles. The van der Waals surface area contributed by atoms with E-state index in [1.54, 1.807) is 11.3 Å². The summed E-state index contributed by atoms with van der Waals surface area (Å²) in [6, 6.07) is 50.4. The molecule has 0 saturated carbocycles. The second kappa shape index (κ2) is 9.46. The van der Waals surface area contributed by atoms with Crippen molar-refractivity contribution < 1.29 is 0 Å². The Kier molecular flexibility index (Phi) is 5.14. The number of hydrogen-bond donors (Lipinski definition) is 0. The van der Waals surface area contributed by atoms with Gasteiger partial charge in [-0.2, -0.15) is 0 Å². The van der Waals surface area contributed by atoms with E-state index in [-0.39, 0.29) is 0 Å². The Labute approximate surface area is 276 Å². The Bertz CT molecular complexity index is 3070. The van der Waals surface area contributed by atoms with Crippen LogP contribution < -0.4 is 0 Å². The van der Waals surface area contributed by atoms with Gasteiger partial charge in [0.2, 0.25) is 5.95 Å². The molecule has 0 atom stereocenters. The lowest BCUT2D eigenvalue weighted by Gasteiger charge is -2.11. The van der Waals surface area contributed by atoms with Crippen molar-refractivity contribution in [1.82, 2.24) is 14.5 Å². The first kappa shape index (κ1) is 25.6. The van der Waals surface area contributed by atoms with Crippen LogP contribution in [-0.4, -0.2) is 14.5 Å². The van der Waals surface area contributed by atoms with Gasteiger partial charge in [-0.1, -0.05) is 109 Å². The summed E-state index contributed by atoms with van der Waals surface area (Å²) >= 11 is 3.64. The molecule has 0 radical (unpaired) electrons. The van der Waals surface area contributed by atoms with Gasteiger partial charge < -0.3 is 0 Å². The molecule has 0 N–H and O–H groups in total. The predicted molar refractivity (Wildman–Crippen MR) is 203 cm³/mol. The average molecular weight is 634 g/mol. The first-order valence-corrected chi connectivity index (χ1v) is 17.4. The van der Waals surface area contributed by atoms with Crippen LogP contribution in [0.5, 0.6) is 0 Å². The SMILES string of the molecule is c1ccc(-c2nc(-n3c4ccccc4c4c5ccc6c(ccc7sc8ccccc8c76)c5ccc43)nc3c2sc2ccccc23)cc1. The highest BCUT2D eigenvalue weighted by Crippen LogP contribution is 2.44. The molecule has 0 bridgehead atoms. The zero-order valence-corrected chi connectivity index (χ0v) is 26.6. The van der Waals surface area contributed by atoms with E-state index < -0.39 is 0 Å². The summed E-state index contributed by atoms with van der Waals surface area (Å²) in [6.45, 7) is 0. The Morgan fingerprint density at radius 1 is 0.404 bits per heavy atom. The van der Waals surface area contributed by atoms with Gasteiger partial charge >= 0.3 is 0 Å². The highest BCUT2D eigenvalue weighted by atomic mass is 32.1. The molecule has 47 heavy (non-hydrogen) atoms. The van der Waals surface area contributed by atoms with E-state index >= 15 is 0 Å². The van der Waals surface area contributed by atoms with Crippen LogP contribution in [0.15, 0.2) is 140 Å². The number of thiophene rings is 2. The first-order valence-electron chi connectivity index (χ1n) is 15.8. The molecule has 5 heteroatoms. The molecule has 0 fully saturated rings. The maximum atomic E-state index is 5.36. The van der Waals surface area contributed by atoms with Gasteiger partial charge in [0.1, 0.15) is 0 Å². The Balaban J connectivity index is 1.26. The molecule has 0 amide bonds. The van der Waals surface area contributed by atoms with Gasteiger partial charge in [0.25, 0.3) is 0 Å². The van der Waals surface area contributed by atoms with Crippen LogP contribution in [0, 0.1) is 0 Å². The zero-order chi connectivity index (χ0) is 30.6. The Morgan fingerprint density at radius 3 is 1.87 bits per heavy atom. The van der Waals surface area contributed by atoms with Gasteiger partial charge in [-0.05, 0) is 51.9 Å². The van der Waals surface area contributed by atoms with Crippen molar-refractivity contribution in [2.75, 3.05) is 0 Å². The van der Waals surface area contributed by atoms with E-state index in [0.29, 0.717) is 5.95 Å². The standard InChI is InChI=1S/C42H23N3S2/c1-2-10-24(11-3-1)39-41-40(31-14-6-9-17-35(31)47-41)44-42(43-39)45-32-15-7-4-12-29(32)37-27-18-19-28-26(25(27)20-22-33(37)45)21-23-36-38(28)30-13-5-8-16-34(30)46-36/h1-23H. The lowest BCUT2D eigenvalue weighted by atomic mass is 9.96. The first-order chi connectivity index (χ1) is 23.3. The smallest absolute Gasteiger partial charge is 0.235 e. The fraction of sp³-hybridized carbons (Fsp3) is 0. The fourth-order valence-electron chi connectivity index (χ4n) is 7.60. The van der Waals surface area contributed by atoms with Crippen LogP contribution in [0.25, 0.3) is 101 Å². The number of fused-ring (bicyclic) bond motifs is 14. The van der Waals surface area contributed by atoms with Gasteiger partial charge in [-0.3, -0.25) is 4.57 Å². The Morgan fingerprint density at radius 2 is 1.04 bits per heavy atom. The van der Waals surface area contributed by atoms with Gasteiger partial charge in [-0.15, -0.1) is 22.7 Å².